The van der Waals surface area contributed by atoms with E-state index in [-0.39, 0.29) is 6.04 Å². The van der Waals surface area contributed by atoms with Crippen molar-refractivity contribution in [1.82, 2.24) is 4.90 Å². The lowest BCUT2D eigenvalue weighted by Crippen LogP contribution is -2.39. The minimum absolute atomic E-state index is 0.130. The molecule has 0 amide bonds. The molecule has 20 heavy (non-hydrogen) atoms. The zero-order valence-electron chi connectivity index (χ0n) is 13.3. The number of nitrogens with zero attached hydrogens (tertiary/aromatic N) is 1. The second-order valence-electron chi connectivity index (χ2n) is 6.55. The lowest BCUT2D eigenvalue weighted by atomic mass is 9.86. The maximum atomic E-state index is 6.38. The van der Waals surface area contributed by atoms with Gasteiger partial charge in [0.25, 0.3) is 0 Å². The van der Waals surface area contributed by atoms with Crippen LogP contribution < -0.4 is 5.73 Å². The molecule has 1 unspecified atom stereocenters. The zero-order valence-corrected chi connectivity index (χ0v) is 13.3. The van der Waals surface area contributed by atoms with Crippen LogP contribution in [0.3, 0.4) is 0 Å². The first-order valence-corrected chi connectivity index (χ1v) is 8.14. The number of hydrogen-bond donors (Lipinski definition) is 1. The Bertz CT molecular complexity index is 390. The Balaban J connectivity index is 1.87. The Morgan fingerprint density at radius 3 is 2.30 bits per heavy atom. The molecule has 1 fully saturated rings. The van der Waals surface area contributed by atoms with Gasteiger partial charge in [-0.1, -0.05) is 38.1 Å². The fourth-order valence-electron chi connectivity index (χ4n) is 3.25. The molecule has 0 bridgehead atoms. The number of likely N-dealkylation sites (N-methyl/N-ethyl adjacent to an activating group) is 1. The predicted molar refractivity (Wildman–Crippen MR) is 86.8 cm³/mol. The summed E-state index contributed by atoms with van der Waals surface area (Å²) in [6, 6.07) is 9.66. The van der Waals surface area contributed by atoms with Crippen LogP contribution in [-0.2, 0) is 6.42 Å². The van der Waals surface area contributed by atoms with Crippen molar-refractivity contribution in [3.05, 3.63) is 35.4 Å². The first-order valence-electron chi connectivity index (χ1n) is 8.14. The van der Waals surface area contributed by atoms with Crippen LogP contribution in [0, 0.1) is 5.92 Å². The van der Waals surface area contributed by atoms with Gasteiger partial charge in [-0.15, -0.1) is 0 Å². The molecule has 1 atom stereocenters. The summed E-state index contributed by atoms with van der Waals surface area (Å²) in [4.78, 5) is 2.48. The van der Waals surface area contributed by atoms with Gasteiger partial charge in [0.05, 0.1) is 0 Å². The minimum Gasteiger partial charge on any atom is -0.323 e. The molecule has 1 aliphatic rings. The summed E-state index contributed by atoms with van der Waals surface area (Å²) in [7, 11) is 2.24. The molecule has 1 saturated carbocycles. The second-order valence-corrected chi connectivity index (χ2v) is 6.55. The standard InChI is InChI=1S/C18H30N2/c1-4-15-7-9-16(10-8-15)18(19)13-20(3)17-11-5-14(2)6-12-17/h7-10,14,17-18H,4-6,11-13,19H2,1-3H3. The summed E-state index contributed by atoms with van der Waals surface area (Å²) in [5, 5.41) is 0. The van der Waals surface area contributed by atoms with Crippen LogP contribution in [0.4, 0.5) is 0 Å². The lowest BCUT2D eigenvalue weighted by molar-refractivity contribution is 0.162. The van der Waals surface area contributed by atoms with E-state index in [1.807, 2.05) is 0 Å². The van der Waals surface area contributed by atoms with E-state index in [1.165, 1.54) is 36.8 Å². The van der Waals surface area contributed by atoms with Gasteiger partial charge in [-0.25, -0.2) is 0 Å². The summed E-state index contributed by atoms with van der Waals surface area (Å²) in [5.41, 5.74) is 9.03. The van der Waals surface area contributed by atoms with Gasteiger partial charge in [0.2, 0.25) is 0 Å². The number of aryl methyl sites for hydroxylation is 1. The van der Waals surface area contributed by atoms with Crippen LogP contribution in [0.1, 0.15) is 56.7 Å². The largest absolute Gasteiger partial charge is 0.323 e. The van der Waals surface area contributed by atoms with Gasteiger partial charge in [0, 0.05) is 18.6 Å². The fraction of sp³-hybridized carbons (Fsp3) is 0.667. The third kappa shape index (κ3) is 4.07. The number of rotatable bonds is 5. The van der Waals surface area contributed by atoms with Crippen molar-refractivity contribution in [2.24, 2.45) is 11.7 Å². The van der Waals surface area contributed by atoms with Gasteiger partial charge in [0.1, 0.15) is 0 Å². The quantitative estimate of drug-likeness (QED) is 0.886. The molecular formula is C18H30N2. The van der Waals surface area contributed by atoms with Crippen molar-refractivity contribution in [2.45, 2.75) is 58.0 Å². The van der Waals surface area contributed by atoms with Crippen LogP contribution in [0.25, 0.3) is 0 Å². The maximum Gasteiger partial charge on any atom is 0.0424 e. The molecule has 1 aliphatic carbocycles. The van der Waals surface area contributed by atoms with Crippen LogP contribution in [-0.4, -0.2) is 24.5 Å². The van der Waals surface area contributed by atoms with Crippen LogP contribution in [0.5, 0.6) is 0 Å². The van der Waals surface area contributed by atoms with Crippen molar-refractivity contribution in [3.8, 4) is 0 Å². The monoisotopic (exact) mass is 274 g/mol. The number of benzene rings is 1. The molecule has 1 aromatic carbocycles. The molecule has 0 spiro atoms. The first-order chi connectivity index (χ1) is 9.60. The Labute approximate surface area is 124 Å². The molecule has 2 nitrogen and oxygen atoms in total. The molecule has 0 radical (unpaired) electrons. The molecule has 2 heteroatoms. The highest BCUT2D eigenvalue weighted by Gasteiger charge is 2.22. The third-order valence-electron chi connectivity index (χ3n) is 4.91. The van der Waals surface area contributed by atoms with Crippen LogP contribution in [0.15, 0.2) is 24.3 Å². The molecule has 1 aromatic rings. The van der Waals surface area contributed by atoms with Crippen molar-refractivity contribution < 1.29 is 0 Å². The van der Waals surface area contributed by atoms with Gasteiger partial charge >= 0.3 is 0 Å². The highest BCUT2D eigenvalue weighted by Crippen LogP contribution is 2.27. The lowest BCUT2D eigenvalue weighted by Gasteiger charge is -2.35. The molecule has 0 aromatic heterocycles. The Kier molecular flexibility index (Phi) is 5.62. The minimum atomic E-state index is 0.130. The predicted octanol–water partition coefficient (Wildman–Crippen LogP) is 3.76. The van der Waals surface area contributed by atoms with Gasteiger partial charge in [-0.3, -0.25) is 0 Å². The Morgan fingerprint density at radius 2 is 1.75 bits per heavy atom. The van der Waals surface area contributed by atoms with Gasteiger partial charge in [-0.2, -0.15) is 0 Å². The third-order valence-corrected chi connectivity index (χ3v) is 4.91. The Hall–Kier alpha value is -0.860. The van der Waals surface area contributed by atoms with Gasteiger partial charge < -0.3 is 10.6 Å². The first kappa shape index (κ1) is 15.5. The van der Waals surface area contributed by atoms with E-state index in [4.69, 9.17) is 5.73 Å². The highest BCUT2D eigenvalue weighted by molar-refractivity contribution is 5.25. The summed E-state index contributed by atoms with van der Waals surface area (Å²) >= 11 is 0. The zero-order chi connectivity index (χ0) is 14.5. The average molecular weight is 274 g/mol. The van der Waals surface area contributed by atoms with Crippen molar-refractivity contribution in [1.29, 1.82) is 0 Å². The van der Waals surface area contributed by atoms with Crippen LogP contribution >= 0.6 is 0 Å². The maximum absolute atomic E-state index is 6.38. The number of nitrogens with two attached hydrogens (primary N) is 1. The molecule has 0 saturated heterocycles. The van der Waals surface area contributed by atoms with E-state index in [1.54, 1.807) is 0 Å². The topological polar surface area (TPSA) is 29.3 Å². The van der Waals surface area contributed by atoms with E-state index in [9.17, 15) is 0 Å². The SMILES string of the molecule is CCc1ccc(C(N)CN(C)C2CCC(C)CC2)cc1. The summed E-state index contributed by atoms with van der Waals surface area (Å²) in [6.07, 6.45) is 6.50. The van der Waals surface area contributed by atoms with E-state index in [0.29, 0.717) is 0 Å². The van der Waals surface area contributed by atoms with Gasteiger partial charge in [0.15, 0.2) is 0 Å². The summed E-state index contributed by atoms with van der Waals surface area (Å²) in [5.74, 6) is 0.912. The molecule has 0 heterocycles. The van der Waals surface area contributed by atoms with Crippen molar-refractivity contribution >= 4 is 0 Å². The van der Waals surface area contributed by atoms with E-state index in [0.717, 1.165) is 24.9 Å². The van der Waals surface area contributed by atoms with Crippen molar-refractivity contribution in [2.75, 3.05) is 13.6 Å². The molecule has 2 N–H and O–H groups in total. The normalized spacial score (nSPS) is 24.9. The van der Waals surface area contributed by atoms with E-state index < -0.39 is 0 Å². The van der Waals surface area contributed by atoms with Crippen LogP contribution in [0.2, 0.25) is 0 Å². The Morgan fingerprint density at radius 1 is 1.15 bits per heavy atom. The van der Waals surface area contributed by atoms with Crippen molar-refractivity contribution in [3.63, 3.8) is 0 Å². The second kappa shape index (κ2) is 7.24. The molecule has 0 aliphatic heterocycles. The van der Waals surface area contributed by atoms with E-state index in [2.05, 4.69) is 50.1 Å². The summed E-state index contributed by atoms with van der Waals surface area (Å²) in [6.45, 7) is 5.52. The van der Waals surface area contributed by atoms with Gasteiger partial charge in [-0.05, 0) is 56.2 Å². The van der Waals surface area contributed by atoms with E-state index >= 15 is 0 Å². The molecular weight excluding hydrogens is 244 g/mol. The highest BCUT2D eigenvalue weighted by atomic mass is 15.1. The average Bonchev–Trinajstić information content (AvgIpc) is 2.48. The fourth-order valence-corrected chi connectivity index (χ4v) is 3.25. The summed E-state index contributed by atoms with van der Waals surface area (Å²) < 4.78 is 0. The molecule has 2 rings (SSSR count). The smallest absolute Gasteiger partial charge is 0.0424 e. The number of hydrogen-bond acceptors (Lipinski definition) is 2. The molecule has 112 valence electrons.